The Bertz CT molecular complexity index is 424. The van der Waals surface area contributed by atoms with Crippen molar-refractivity contribution >= 4 is 5.97 Å². The number of likely N-dealkylation sites (N-methyl/N-ethyl adjacent to an activating group) is 1. The van der Waals surface area contributed by atoms with Crippen molar-refractivity contribution in [2.45, 2.75) is 79.1 Å². The van der Waals surface area contributed by atoms with Gasteiger partial charge in [0.25, 0.3) is 0 Å². The van der Waals surface area contributed by atoms with Crippen molar-refractivity contribution in [1.82, 2.24) is 0 Å². The van der Waals surface area contributed by atoms with Gasteiger partial charge in [-0.15, -0.1) is 0 Å². The lowest BCUT2D eigenvalue weighted by atomic mass is 10.1. The van der Waals surface area contributed by atoms with E-state index in [9.17, 15) is 4.79 Å². The average molecular weight is 432 g/mol. The zero-order valence-electron chi connectivity index (χ0n) is 18.1. The second kappa shape index (κ2) is 16.6. The maximum atomic E-state index is 12.0. The number of hydrogen-bond donors (Lipinski definition) is 0. The van der Waals surface area contributed by atoms with Crippen LogP contribution in [0.4, 0.5) is 0 Å². The number of quaternary nitrogens is 1. The minimum Gasteiger partial charge on any atom is -1.00 e. The van der Waals surface area contributed by atoms with E-state index in [1.165, 1.54) is 49.7 Å². The second-order valence-corrected chi connectivity index (χ2v) is 8.14. The zero-order chi connectivity index (χ0) is 19.1. The van der Waals surface area contributed by atoms with E-state index in [2.05, 4.69) is 47.9 Å². The minimum atomic E-state index is -0.0932. The Kier molecular flexibility index (Phi) is 17.6. The largest absolute Gasteiger partial charge is 1.00 e. The molecule has 3 nitrogen and oxygen atoms in total. The number of hydrogen-bond acceptors (Lipinski definition) is 2. The van der Waals surface area contributed by atoms with Crippen LogP contribution in [0.3, 0.4) is 0 Å². The molecule has 26 heavy (non-hydrogen) atoms. The monoisotopic (exact) mass is 431 g/mol. The molecule has 0 aromatic rings. The van der Waals surface area contributed by atoms with Crippen molar-refractivity contribution in [2.24, 2.45) is 0 Å². The number of unbranched alkanes of at least 4 members (excludes halogenated alkanes) is 5. The van der Waals surface area contributed by atoms with Gasteiger partial charge in [0.15, 0.2) is 6.54 Å². The highest BCUT2D eigenvalue weighted by molar-refractivity contribution is 5.70. The summed E-state index contributed by atoms with van der Waals surface area (Å²) in [6.07, 6.45) is 14.1. The third-order valence-corrected chi connectivity index (χ3v) is 4.44. The van der Waals surface area contributed by atoms with E-state index in [1.54, 1.807) is 0 Å². The van der Waals surface area contributed by atoms with Gasteiger partial charge in [-0.25, -0.2) is 4.79 Å². The molecule has 0 aromatic heterocycles. The third kappa shape index (κ3) is 18.2. The van der Waals surface area contributed by atoms with E-state index >= 15 is 0 Å². The Hall–Kier alpha value is -0.610. The minimum absolute atomic E-state index is 0. The van der Waals surface area contributed by atoms with Crippen LogP contribution < -0.4 is 17.0 Å². The van der Waals surface area contributed by atoms with Crippen molar-refractivity contribution < 1.29 is 31.0 Å². The molecule has 0 heterocycles. The van der Waals surface area contributed by atoms with Crippen molar-refractivity contribution in [2.75, 3.05) is 33.8 Å². The third-order valence-electron chi connectivity index (χ3n) is 4.44. The number of halogens is 1. The Balaban J connectivity index is 0. The number of nitrogens with zero attached hydrogens (tertiary/aromatic N) is 1. The molecule has 0 saturated heterocycles. The summed E-state index contributed by atoms with van der Waals surface area (Å²) < 4.78 is 6.11. The number of ether oxygens (including phenoxy) is 1. The number of allylic oxidation sites excluding steroid dienone is 3. The van der Waals surface area contributed by atoms with E-state index in [0.717, 1.165) is 23.9 Å². The SMILES string of the molecule is CCCCCCCC[N+](C)(C)CC(=O)OCC=C(C)CCC=C(C)C.[Br-]. The highest BCUT2D eigenvalue weighted by Gasteiger charge is 2.20. The molecule has 0 atom stereocenters. The van der Waals surface area contributed by atoms with Gasteiger partial charge in [0, 0.05) is 0 Å². The van der Waals surface area contributed by atoms with Crippen LogP contribution in [-0.4, -0.2) is 44.2 Å². The lowest BCUT2D eigenvalue weighted by Gasteiger charge is -2.28. The molecule has 0 rings (SSSR count). The van der Waals surface area contributed by atoms with E-state index in [4.69, 9.17) is 4.74 Å². The fraction of sp³-hybridized carbons (Fsp3) is 0.773. The van der Waals surface area contributed by atoms with Gasteiger partial charge in [0.1, 0.15) is 6.61 Å². The summed E-state index contributed by atoms with van der Waals surface area (Å²) in [7, 11) is 4.24. The first-order valence-electron chi connectivity index (χ1n) is 10.0. The smallest absolute Gasteiger partial charge is 0.362 e. The van der Waals surface area contributed by atoms with Crippen LogP contribution in [0, 0.1) is 0 Å². The van der Waals surface area contributed by atoms with E-state index < -0.39 is 0 Å². The number of esters is 1. The van der Waals surface area contributed by atoms with Gasteiger partial charge in [-0.05, 0) is 52.5 Å². The number of rotatable bonds is 14. The standard InChI is InChI=1S/C22H42NO2.BrH/c1-7-8-9-10-11-12-17-23(5,6)19-22(24)25-18-16-21(4)15-13-14-20(2)3;/h14,16H,7-13,15,17-19H2,1-6H3;1H/q+1;/p-1. The van der Waals surface area contributed by atoms with Crippen LogP contribution >= 0.6 is 0 Å². The van der Waals surface area contributed by atoms with Gasteiger partial charge >= 0.3 is 5.97 Å². The van der Waals surface area contributed by atoms with Gasteiger partial charge in [0.2, 0.25) is 0 Å². The summed E-state index contributed by atoms with van der Waals surface area (Å²) in [5, 5.41) is 0. The molecule has 0 N–H and O–H groups in total. The molecule has 0 amide bonds. The normalized spacial score (nSPS) is 11.7. The Morgan fingerprint density at radius 2 is 1.58 bits per heavy atom. The van der Waals surface area contributed by atoms with Crippen molar-refractivity contribution in [1.29, 1.82) is 0 Å². The maximum absolute atomic E-state index is 12.0. The van der Waals surface area contributed by atoms with Gasteiger partial charge in [-0.1, -0.05) is 49.8 Å². The molecule has 0 spiro atoms. The molecule has 4 heteroatoms. The molecule has 154 valence electrons. The molecule has 0 unspecified atom stereocenters. The van der Waals surface area contributed by atoms with Crippen LogP contribution in [0.15, 0.2) is 23.3 Å². The van der Waals surface area contributed by atoms with Crippen LogP contribution in [0.2, 0.25) is 0 Å². The highest BCUT2D eigenvalue weighted by Crippen LogP contribution is 2.09. The first kappa shape index (κ1) is 27.6. The maximum Gasteiger partial charge on any atom is 0.362 e. The van der Waals surface area contributed by atoms with Gasteiger partial charge in [-0.3, -0.25) is 0 Å². The summed E-state index contributed by atoms with van der Waals surface area (Å²) in [4.78, 5) is 12.0. The molecule has 0 aliphatic rings. The van der Waals surface area contributed by atoms with Crippen LogP contribution in [0.25, 0.3) is 0 Å². The summed E-state index contributed by atoms with van der Waals surface area (Å²) in [6.45, 7) is 10.5. The molecule has 0 saturated carbocycles. The van der Waals surface area contributed by atoms with E-state index in [0.29, 0.717) is 13.2 Å². The lowest BCUT2D eigenvalue weighted by molar-refractivity contribution is -0.883. The number of carbonyl (C=O) groups is 1. The molecule has 0 aromatic carbocycles. The summed E-state index contributed by atoms with van der Waals surface area (Å²) in [5.41, 5.74) is 2.63. The van der Waals surface area contributed by atoms with Crippen molar-refractivity contribution in [3.63, 3.8) is 0 Å². The molecular formula is C22H42BrNO2. The predicted molar refractivity (Wildman–Crippen MR) is 109 cm³/mol. The molecular weight excluding hydrogens is 390 g/mol. The topological polar surface area (TPSA) is 26.3 Å². The summed E-state index contributed by atoms with van der Waals surface area (Å²) in [5.74, 6) is -0.0932. The highest BCUT2D eigenvalue weighted by atomic mass is 79.9. The van der Waals surface area contributed by atoms with Gasteiger partial charge in [-0.2, -0.15) is 0 Å². The van der Waals surface area contributed by atoms with E-state index in [-0.39, 0.29) is 23.0 Å². The lowest BCUT2D eigenvalue weighted by Crippen LogP contribution is -3.00. The van der Waals surface area contributed by atoms with E-state index in [1.807, 2.05) is 6.08 Å². The Morgan fingerprint density at radius 3 is 2.19 bits per heavy atom. The van der Waals surface area contributed by atoms with Crippen LogP contribution in [-0.2, 0) is 9.53 Å². The molecule has 0 radical (unpaired) electrons. The molecule has 0 aliphatic carbocycles. The van der Waals surface area contributed by atoms with Crippen molar-refractivity contribution in [3.05, 3.63) is 23.3 Å². The summed E-state index contributed by atoms with van der Waals surface area (Å²) in [6, 6.07) is 0. The molecule has 0 aliphatic heterocycles. The van der Waals surface area contributed by atoms with Gasteiger partial charge < -0.3 is 26.2 Å². The van der Waals surface area contributed by atoms with Crippen molar-refractivity contribution in [3.8, 4) is 0 Å². The van der Waals surface area contributed by atoms with Crippen LogP contribution in [0.5, 0.6) is 0 Å². The second-order valence-electron chi connectivity index (χ2n) is 8.14. The quantitative estimate of drug-likeness (QED) is 0.183. The number of carbonyl (C=O) groups excluding carboxylic acids is 1. The zero-order valence-corrected chi connectivity index (χ0v) is 19.7. The first-order chi connectivity index (χ1) is 11.8. The molecule has 0 bridgehead atoms. The Labute approximate surface area is 173 Å². The molecule has 0 fully saturated rings. The fourth-order valence-corrected chi connectivity index (χ4v) is 2.76. The Morgan fingerprint density at radius 1 is 0.962 bits per heavy atom. The van der Waals surface area contributed by atoms with Crippen LogP contribution in [0.1, 0.15) is 79.1 Å². The van der Waals surface area contributed by atoms with Gasteiger partial charge in [0.05, 0.1) is 20.6 Å². The first-order valence-corrected chi connectivity index (χ1v) is 10.0. The summed E-state index contributed by atoms with van der Waals surface area (Å²) >= 11 is 0. The fourth-order valence-electron chi connectivity index (χ4n) is 2.76. The predicted octanol–water partition coefficient (Wildman–Crippen LogP) is 2.66. The average Bonchev–Trinajstić information content (AvgIpc) is 2.49.